The third-order valence-electron chi connectivity index (χ3n) is 6.81. The molecule has 0 amide bonds. The predicted octanol–water partition coefficient (Wildman–Crippen LogP) is 2.25. The third kappa shape index (κ3) is 3.36. The Morgan fingerprint density at radius 1 is 1.28 bits per heavy atom. The van der Waals surface area contributed by atoms with E-state index in [0.717, 1.165) is 36.5 Å². The normalized spacial score (nSPS) is 21.9. The molecule has 1 saturated heterocycles. The first-order valence-electron chi connectivity index (χ1n) is 10.8. The number of carbonyl (C=O) groups excluding carboxylic acids is 1. The summed E-state index contributed by atoms with van der Waals surface area (Å²) in [7, 11) is 2.99. The number of benzene rings is 1. The first-order valence-corrected chi connectivity index (χ1v) is 11.6. The van der Waals surface area contributed by atoms with Crippen molar-refractivity contribution in [3.05, 3.63) is 61.1 Å². The van der Waals surface area contributed by atoms with Gasteiger partial charge in [0, 0.05) is 18.5 Å². The average Bonchev–Trinajstić information content (AvgIpc) is 3.42. The molecule has 1 aliphatic heterocycles. The minimum atomic E-state index is -0.523. The van der Waals surface area contributed by atoms with Gasteiger partial charge < -0.3 is 19.8 Å². The summed E-state index contributed by atoms with van der Waals surface area (Å²) in [5, 5.41) is 3.62. The Balaban J connectivity index is 1.43. The summed E-state index contributed by atoms with van der Waals surface area (Å²) >= 11 is 1.04. The van der Waals surface area contributed by atoms with Gasteiger partial charge in [-0.05, 0) is 55.0 Å². The lowest BCUT2D eigenvalue weighted by Gasteiger charge is -2.32. The molecule has 168 valence electrons. The van der Waals surface area contributed by atoms with E-state index in [1.165, 1.54) is 28.9 Å². The zero-order chi connectivity index (χ0) is 22.4. The van der Waals surface area contributed by atoms with E-state index in [0.29, 0.717) is 39.9 Å². The van der Waals surface area contributed by atoms with Gasteiger partial charge in [0.05, 0.1) is 19.7 Å². The molecule has 3 aromatic rings. The Morgan fingerprint density at radius 2 is 2.12 bits per heavy atom. The summed E-state index contributed by atoms with van der Waals surface area (Å²) in [6.45, 7) is 1.24. The molecule has 1 aromatic carbocycles. The van der Waals surface area contributed by atoms with Crippen molar-refractivity contribution in [1.29, 1.82) is 0 Å². The lowest BCUT2D eigenvalue weighted by molar-refractivity contribution is 0.0606. The second-order valence-electron chi connectivity index (χ2n) is 8.39. The molecule has 3 heterocycles. The number of hydrogen-bond donors (Lipinski definition) is 2. The highest BCUT2D eigenvalue weighted by Gasteiger charge is 2.40. The highest BCUT2D eigenvalue weighted by atomic mass is 32.1. The number of esters is 1. The van der Waals surface area contributed by atoms with E-state index in [1.807, 2.05) is 12.1 Å². The van der Waals surface area contributed by atoms with Crippen molar-refractivity contribution >= 4 is 27.5 Å². The van der Waals surface area contributed by atoms with Crippen molar-refractivity contribution in [2.75, 3.05) is 20.8 Å². The molecule has 8 nitrogen and oxygen atoms in total. The van der Waals surface area contributed by atoms with Crippen molar-refractivity contribution in [3.63, 3.8) is 0 Å². The topological polar surface area (TPSA) is 102 Å². The number of aromatic nitrogens is 2. The maximum atomic E-state index is 13.0. The molecule has 0 saturated carbocycles. The number of ether oxygens (including phenoxy) is 2. The van der Waals surface area contributed by atoms with Crippen LogP contribution in [0.2, 0.25) is 0 Å². The standard InChI is InChI=1S/C23H25N3O5S/c1-30-17-5-3-4-14-13(17)7-6-12-11-24-15(19(12)14)8-9-26-21(27)20-16(25-23(26)29)10-18(32-20)22(28)31-2/h3-5,10,12,15,19,24H,6-9,11H2,1-2H3,(H,25,29)/t12-,15?,19+/m0/s1. The fourth-order valence-electron chi connectivity index (χ4n) is 5.32. The van der Waals surface area contributed by atoms with Crippen LogP contribution in [0, 0.1) is 5.92 Å². The van der Waals surface area contributed by atoms with Gasteiger partial charge in [-0.15, -0.1) is 11.3 Å². The van der Waals surface area contributed by atoms with Crippen LogP contribution < -0.4 is 21.3 Å². The van der Waals surface area contributed by atoms with Gasteiger partial charge in [-0.25, -0.2) is 9.59 Å². The Morgan fingerprint density at radius 3 is 2.91 bits per heavy atom. The number of aromatic amines is 1. The van der Waals surface area contributed by atoms with E-state index in [1.54, 1.807) is 7.11 Å². The molecular formula is C23H25N3O5S. The molecular weight excluding hydrogens is 430 g/mol. The van der Waals surface area contributed by atoms with E-state index in [9.17, 15) is 14.4 Å². The quantitative estimate of drug-likeness (QED) is 0.572. The molecule has 2 aliphatic rings. The van der Waals surface area contributed by atoms with E-state index in [2.05, 4.69) is 16.4 Å². The largest absolute Gasteiger partial charge is 0.496 e. The molecule has 0 bridgehead atoms. The van der Waals surface area contributed by atoms with Gasteiger partial charge in [0.15, 0.2) is 0 Å². The minimum Gasteiger partial charge on any atom is -0.496 e. The zero-order valence-corrected chi connectivity index (χ0v) is 18.8. The molecule has 2 aromatic heterocycles. The zero-order valence-electron chi connectivity index (χ0n) is 18.0. The average molecular weight is 456 g/mol. The van der Waals surface area contributed by atoms with Gasteiger partial charge in [0.1, 0.15) is 15.3 Å². The summed E-state index contributed by atoms with van der Waals surface area (Å²) < 4.78 is 11.9. The number of rotatable bonds is 5. The molecule has 9 heteroatoms. The Kier molecular flexibility index (Phi) is 5.38. The van der Waals surface area contributed by atoms with Gasteiger partial charge in [0.2, 0.25) is 0 Å². The molecule has 1 aliphatic carbocycles. The highest BCUT2D eigenvalue weighted by molar-refractivity contribution is 7.20. The molecule has 1 fully saturated rings. The molecule has 32 heavy (non-hydrogen) atoms. The van der Waals surface area contributed by atoms with Gasteiger partial charge in [-0.3, -0.25) is 9.36 Å². The van der Waals surface area contributed by atoms with E-state index >= 15 is 0 Å². The van der Waals surface area contributed by atoms with Gasteiger partial charge >= 0.3 is 11.7 Å². The second-order valence-corrected chi connectivity index (χ2v) is 9.44. The van der Waals surface area contributed by atoms with Crippen LogP contribution in [-0.2, 0) is 17.7 Å². The fraction of sp³-hybridized carbons (Fsp3) is 0.435. The van der Waals surface area contributed by atoms with Crippen LogP contribution >= 0.6 is 11.3 Å². The predicted molar refractivity (Wildman–Crippen MR) is 122 cm³/mol. The number of carbonyl (C=O) groups is 1. The number of methoxy groups -OCH3 is 2. The molecule has 0 spiro atoms. The van der Waals surface area contributed by atoms with Crippen LogP contribution in [0.25, 0.3) is 10.2 Å². The third-order valence-corrected chi connectivity index (χ3v) is 7.91. The second kappa shape index (κ2) is 8.22. The number of fused-ring (bicyclic) bond motifs is 4. The highest BCUT2D eigenvalue weighted by Crippen LogP contribution is 2.45. The lowest BCUT2D eigenvalue weighted by Crippen LogP contribution is -2.37. The van der Waals surface area contributed by atoms with Crippen LogP contribution in [0.15, 0.2) is 33.9 Å². The lowest BCUT2D eigenvalue weighted by atomic mass is 9.73. The van der Waals surface area contributed by atoms with Crippen LogP contribution in [0.5, 0.6) is 5.75 Å². The van der Waals surface area contributed by atoms with Crippen molar-refractivity contribution < 1.29 is 14.3 Å². The van der Waals surface area contributed by atoms with Crippen LogP contribution in [0.4, 0.5) is 0 Å². The molecule has 1 unspecified atom stereocenters. The Labute approximate surface area is 188 Å². The van der Waals surface area contributed by atoms with Crippen molar-refractivity contribution in [2.45, 2.75) is 37.8 Å². The van der Waals surface area contributed by atoms with E-state index < -0.39 is 11.7 Å². The number of H-pyrrole nitrogens is 1. The van der Waals surface area contributed by atoms with Crippen LogP contribution in [0.1, 0.15) is 39.6 Å². The molecule has 0 radical (unpaired) electrons. The van der Waals surface area contributed by atoms with Gasteiger partial charge in [-0.2, -0.15) is 0 Å². The maximum absolute atomic E-state index is 13.0. The van der Waals surface area contributed by atoms with Gasteiger partial charge in [0.25, 0.3) is 5.56 Å². The van der Waals surface area contributed by atoms with Crippen LogP contribution in [0.3, 0.4) is 0 Å². The molecule has 3 atom stereocenters. The number of hydrogen-bond acceptors (Lipinski definition) is 7. The number of thiophene rings is 1. The summed E-state index contributed by atoms with van der Waals surface area (Å²) in [5.41, 5.74) is 2.12. The monoisotopic (exact) mass is 455 g/mol. The maximum Gasteiger partial charge on any atom is 0.348 e. The number of nitrogens with zero attached hydrogens (tertiary/aromatic N) is 1. The van der Waals surface area contributed by atoms with E-state index in [-0.39, 0.29) is 11.6 Å². The summed E-state index contributed by atoms with van der Waals surface area (Å²) in [4.78, 5) is 40.5. The van der Waals surface area contributed by atoms with E-state index in [4.69, 9.17) is 9.47 Å². The summed E-state index contributed by atoms with van der Waals surface area (Å²) in [6, 6.07) is 7.89. The molecule has 5 rings (SSSR count). The summed E-state index contributed by atoms with van der Waals surface area (Å²) in [5.74, 6) is 1.28. The molecule has 2 N–H and O–H groups in total. The van der Waals surface area contributed by atoms with Crippen molar-refractivity contribution in [2.24, 2.45) is 5.92 Å². The smallest absolute Gasteiger partial charge is 0.348 e. The SMILES string of the molecule is COC(=O)c1cc2[nH]c(=O)n(CCC3NC[C@@H]4CCc5c(OC)cccc5[C@H]34)c(=O)c2s1. The van der Waals surface area contributed by atoms with Crippen molar-refractivity contribution in [3.8, 4) is 5.75 Å². The van der Waals surface area contributed by atoms with Gasteiger partial charge in [-0.1, -0.05) is 12.1 Å². The fourth-order valence-corrected chi connectivity index (χ4v) is 6.30. The summed E-state index contributed by atoms with van der Waals surface area (Å²) in [6.07, 6.45) is 2.76. The first-order chi connectivity index (χ1) is 15.5. The van der Waals surface area contributed by atoms with Crippen molar-refractivity contribution in [1.82, 2.24) is 14.9 Å². The number of nitrogens with one attached hydrogen (secondary N) is 2. The Hall–Kier alpha value is -2.91. The Bertz CT molecular complexity index is 1310. The first kappa shape index (κ1) is 21.0. The van der Waals surface area contributed by atoms with Crippen LogP contribution in [-0.4, -0.2) is 42.3 Å². The minimum absolute atomic E-state index is 0.169.